The van der Waals surface area contributed by atoms with E-state index >= 15 is 0 Å². The van der Waals surface area contributed by atoms with Crippen LogP contribution < -0.4 is 4.31 Å². The molecule has 130 valence electrons. The predicted octanol–water partition coefficient (Wildman–Crippen LogP) is 2.68. The van der Waals surface area contributed by atoms with Gasteiger partial charge in [0, 0.05) is 0 Å². The smallest absolute Gasteiger partial charge is 0.232 e. The minimum Gasteiger partial charge on any atom is -0.263 e. The molecule has 25 heavy (non-hydrogen) atoms. The van der Waals surface area contributed by atoms with Gasteiger partial charge in [0.15, 0.2) is 5.82 Å². The third-order valence-electron chi connectivity index (χ3n) is 3.56. The first-order valence-corrected chi connectivity index (χ1v) is 9.40. The number of halogens is 1. The lowest BCUT2D eigenvalue weighted by atomic mass is 10.3. The summed E-state index contributed by atoms with van der Waals surface area (Å²) in [5.41, 5.74) is 1.01. The Morgan fingerprint density at radius 2 is 1.84 bits per heavy atom. The fourth-order valence-corrected chi connectivity index (χ4v) is 3.34. The van der Waals surface area contributed by atoms with Crippen LogP contribution in [0.3, 0.4) is 0 Å². The van der Waals surface area contributed by atoms with Gasteiger partial charge in [0.2, 0.25) is 10.0 Å². The number of aryl methyl sites for hydroxylation is 1. The van der Waals surface area contributed by atoms with Crippen molar-refractivity contribution in [3.05, 3.63) is 72.1 Å². The van der Waals surface area contributed by atoms with E-state index in [2.05, 4.69) is 10.1 Å². The zero-order valence-electron chi connectivity index (χ0n) is 13.8. The van der Waals surface area contributed by atoms with Gasteiger partial charge in [0.1, 0.15) is 11.6 Å². The molecule has 3 rings (SSSR count). The number of benzene rings is 2. The molecule has 0 aliphatic heterocycles. The molecule has 6 nitrogen and oxygen atoms in total. The highest BCUT2D eigenvalue weighted by molar-refractivity contribution is 7.92. The van der Waals surface area contributed by atoms with E-state index in [1.807, 2.05) is 30.3 Å². The van der Waals surface area contributed by atoms with E-state index in [1.165, 1.54) is 18.2 Å². The van der Waals surface area contributed by atoms with Crippen LogP contribution in [-0.2, 0) is 16.6 Å². The van der Waals surface area contributed by atoms with Crippen molar-refractivity contribution in [2.75, 3.05) is 10.6 Å². The van der Waals surface area contributed by atoms with Crippen LogP contribution in [-0.4, -0.2) is 29.4 Å². The number of aromatic nitrogens is 3. The quantitative estimate of drug-likeness (QED) is 0.702. The Balaban J connectivity index is 2.05. The zero-order chi connectivity index (χ0) is 18.0. The topological polar surface area (TPSA) is 68.1 Å². The number of sulfonamides is 1. The average Bonchev–Trinajstić information content (AvgIpc) is 2.93. The Labute approximate surface area is 145 Å². The molecule has 0 N–H and O–H groups in total. The third kappa shape index (κ3) is 3.85. The van der Waals surface area contributed by atoms with E-state index in [0.29, 0.717) is 11.6 Å². The SMILES string of the molecule is Cc1nc(CN(c2cccc(F)c2)S(C)(=O)=O)n(-c2ccccc2)n1. The van der Waals surface area contributed by atoms with Crippen molar-refractivity contribution in [1.29, 1.82) is 0 Å². The lowest BCUT2D eigenvalue weighted by Gasteiger charge is -2.22. The van der Waals surface area contributed by atoms with Crippen molar-refractivity contribution in [2.24, 2.45) is 0 Å². The van der Waals surface area contributed by atoms with Gasteiger partial charge in [-0.1, -0.05) is 24.3 Å². The van der Waals surface area contributed by atoms with E-state index in [4.69, 9.17) is 0 Å². The van der Waals surface area contributed by atoms with Gasteiger partial charge in [-0.05, 0) is 37.3 Å². The van der Waals surface area contributed by atoms with Crippen LogP contribution in [0.1, 0.15) is 11.6 Å². The summed E-state index contributed by atoms with van der Waals surface area (Å²) >= 11 is 0. The Morgan fingerprint density at radius 1 is 1.12 bits per heavy atom. The molecular weight excluding hydrogens is 343 g/mol. The lowest BCUT2D eigenvalue weighted by Crippen LogP contribution is -2.30. The van der Waals surface area contributed by atoms with Crippen LogP contribution in [0.25, 0.3) is 5.69 Å². The van der Waals surface area contributed by atoms with Crippen molar-refractivity contribution in [3.8, 4) is 5.69 Å². The summed E-state index contributed by atoms with van der Waals surface area (Å²) in [6, 6.07) is 14.7. The second-order valence-electron chi connectivity index (χ2n) is 5.57. The van der Waals surface area contributed by atoms with Crippen LogP contribution in [0.15, 0.2) is 54.6 Å². The van der Waals surface area contributed by atoms with Crippen LogP contribution in [0.5, 0.6) is 0 Å². The monoisotopic (exact) mass is 360 g/mol. The maximum atomic E-state index is 13.5. The Morgan fingerprint density at radius 3 is 2.48 bits per heavy atom. The molecule has 0 bridgehead atoms. The Hall–Kier alpha value is -2.74. The van der Waals surface area contributed by atoms with Crippen LogP contribution in [0.4, 0.5) is 10.1 Å². The highest BCUT2D eigenvalue weighted by atomic mass is 32.2. The number of para-hydroxylation sites is 1. The molecule has 3 aromatic rings. The van der Waals surface area contributed by atoms with Crippen molar-refractivity contribution in [2.45, 2.75) is 13.5 Å². The molecule has 0 fully saturated rings. The molecule has 0 unspecified atom stereocenters. The first-order valence-electron chi connectivity index (χ1n) is 7.56. The second kappa shape index (κ2) is 6.64. The number of hydrogen-bond donors (Lipinski definition) is 0. The number of hydrogen-bond acceptors (Lipinski definition) is 4. The largest absolute Gasteiger partial charge is 0.263 e. The number of anilines is 1. The molecule has 2 aromatic carbocycles. The van der Waals surface area contributed by atoms with Gasteiger partial charge in [-0.3, -0.25) is 4.31 Å². The van der Waals surface area contributed by atoms with Crippen molar-refractivity contribution >= 4 is 15.7 Å². The maximum absolute atomic E-state index is 13.5. The summed E-state index contributed by atoms with van der Waals surface area (Å²) in [6.07, 6.45) is 1.08. The predicted molar refractivity (Wildman–Crippen MR) is 93.5 cm³/mol. The van der Waals surface area contributed by atoms with Crippen molar-refractivity contribution < 1.29 is 12.8 Å². The molecule has 0 radical (unpaired) electrons. The normalized spacial score (nSPS) is 11.5. The summed E-state index contributed by atoms with van der Waals surface area (Å²) in [7, 11) is -3.64. The molecule has 0 spiro atoms. The van der Waals surface area contributed by atoms with Gasteiger partial charge < -0.3 is 0 Å². The minimum absolute atomic E-state index is 0.0575. The summed E-state index contributed by atoms with van der Waals surface area (Å²) in [6.45, 7) is 1.67. The minimum atomic E-state index is -3.64. The number of nitrogens with zero attached hydrogens (tertiary/aromatic N) is 4. The van der Waals surface area contributed by atoms with Gasteiger partial charge >= 0.3 is 0 Å². The van der Waals surface area contributed by atoms with E-state index in [-0.39, 0.29) is 12.2 Å². The van der Waals surface area contributed by atoms with E-state index in [1.54, 1.807) is 17.7 Å². The highest BCUT2D eigenvalue weighted by Crippen LogP contribution is 2.22. The van der Waals surface area contributed by atoms with Gasteiger partial charge in [-0.25, -0.2) is 22.5 Å². The Bertz CT molecular complexity index is 987. The van der Waals surface area contributed by atoms with Crippen molar-refractivity contribution in [1.82, 2.24) is 14.8 Å². The van der Waals surface area contributed by atoms with Crippen LogP contribution in [0.2, 0.25) is 0 Å². The number of rotatable bonds is 5. The molecule has 0 aliphatic carbocycles. The van der Waals surface area contributed by atoms with Gasteiger partial charge in [0.25, 0.3) is 0 Å². The molecular formula is C17H17FN4O2S. The molecule has 1 aromatic heterocycles. The first-order chi connectivity index (χ1) is 11.8. The third-order valence-corrected chi connectivity index (χ3v) is 4.70. The summed E-state index contributed by atoms with van der Waals surface area (Å²) in [5, 5.41) is 4.34. The van der Waals surface area contributed by atoms with E-state index in [9.17, 15) is 12.8 Å². The highest BCUT2D eigenvalue weighted by Gasteiger charge is 2.22. The standard InChI is InChI=1S/C17H17FN4O2S/c1-13-19-17(22(20-13)15-8-4-3-5-9-15)12-21(25(2,23)24)16-10-6-7-14(18)11-16/h3-11H,12H2,1-2H3. The first kappa shape index (κ1) is 17.1. The molecule has 0 saturated heterocycles. The van der Waals surface area contributed by atoms with E-state index < -0.39 is 15.8 Å². The van der Waals surface area contributed by atoms with Gasteiger partial charge in [0.05, 0.1) is 24.2 Å². The summed E-state index contributed by atoms with van der Waals surface area (Å²) < 4.78 is 40.7. The van der Waals surface area contributed by atoms with Gasteiger partial charge in [-0.2, -0.15) is 5.10 Å². The molecule has 0 aliphatic rings. The molecule has 8 heteroatoms. The second-order valence-corrected chi connectivity index (χ2v) is 7.48. The van der Waals surface area contributed by atoms with Crippen LogP contribution >= 0.6 is 0 Å². The molecule has 0 amide bonds. The maximum Gasteiger partial charge on any atom is 0.232 e. The van der Waals surface area contributed by atoms with E-state index in [0.717, 1.165) is 16.2 Å². The fourth-order valence-electron chi connectivity index (χ4n) is 2.50. The fraction of sp³-hybridized carbons (Fsp3) is 0.176. The van der Waals surface area contributed by atoms with Gasteiger partial charge in [-0.15, -0.1) is 0 Å². The molecule has 0 saturated carbocycles. The average molecular weight is 360 g/mol. The molecule has 0 atom stereocenters. The molecule has 1 heterocycles. The summed E-state index contributed by atoms with van der Waals surface area (Å²) in [5.74, 6) is 0.455. The summed E-state index contributed by atoms with van der Waals surface area (Å²) in [4.78, 5) is 4.34. The lowest BCUT2D eigenvalue weighted by molar-refractivity contribution is 0.593. The van der Waals surface area contributed by atoms with Crippen molar-refractivity contribution in [3.63, 3.8) is 0 Å². The zero-order valence-corrected chi connectivity index (χ0v) is 14.6. The Kier molecular flexibility index (Phi) is 4.54. The van der Waals surface area contributed by atoms with Crippen LogP contribution in [0, 0.1) is 12.7 Å².